The van der Waals surface area contributed by atoms with Gasteiger partial charge in [0.05, 0.1) is 24.0 Å². The van der Waals surface area contributed by atoms with Crippen LogP contribution in [0.25, 0.3) is 0 Å². The maximum atomic E-state index is 12.8. The fourth-order valence-electron chi connectivity index (χ4n) is 9.94. The lowest BCUT2D eigenvalue weighted by Gasteiger charge is -2.63. The van der Waals surface area contributed by atoms with Gasteiger partial charge in [0.15, 0.2) is 0 Å². The lowest BCUT2D eigenvalue weighted by atomic mass is 9.43. The van der Waals surface area contributed by atoms with Crippen LogP contribution in [0.4, 0.5) is 0 Å². The predicted octanol–water partition coefficient (Wildman–Crippen LogP) is 6.63. The van der Waals surface area contributed by atoms with Crippen molar-refractivity contribution in [2.24, 2.45) is 51.8 Å². The molecule has 4 rings (SSSR count). The Morgan fingerprint density at radius 3 is 2.24 bits per heavy atom. The van der Waals surface area contributed by atoms with Crippen LogP contribution in [0.15, 0.2) is 0 Å². The monoisotopic (exact) mass is 634 g/mol. The van der Waals surface area contributed by atoms with Crippen molar-refractivity contribution in [3.8, 4) is 0 Å². The van der Waals surface area contributed by atoms with E-state index in [1.807, 2.05) is 41.5 Å². The molecule has 0 aromatic rings. The number of aliphatic hydroxyl groups is 2. The van der Waals surface area contributed by atoms with E-state index in [4.69, 9.17) is 14.2 Å². The van der Waals surface area contributed by atoms with E-state index in [1.165, 1.54) is 0 Å². The van der Waals surface area contributed by atoms with Crippen LogP contribution in [0.1, 0.15) is 133 Å². The molecule has 4 fully saturated rings. The molecule has 11 atom stereocenters. The van der Waals surface area contributed by atoms with E-state index in [0.29, 0.717) is 12.8 Å². The van der Waals surface area contributed by atoms with Gasteiger partial charge in [0.1, 0.15) is 18.3 Å². The zero-order valence-corrected chi connectivity index (χ0v) is 29.5. The Morgan fingerprint density at radius 1 is 0.911 bits per heavy atom. The van der Waals surface area contributed by atoms with E-state index in [-0.39, 0.29) is 89.8 Å². The quantitative estimate of drug-likeness (QED) is 0.203. The molecule has 9 unspecified atom stereocenters. The summed E-state index contributed by atoms with van der Waals surface area (Å²) in [6.07, 6.45) is 6.65. The van der Waals surface area contributed by atoms with Crippen molar-refractivity contribution in [1.82, 2.24) is 0 Å². The third kappa shape index (κ3) is 7.42. The number of carbonyl (C=O) groups is 3. The van der Waals surface area contributed by atoms with Crippen LogP contribution < -0.4 is 0 Å². The number of carbonyl (C=O) groups excluding carboxylic acids is 3. The van der Waals surface area contributed by atoms with E-state index in [9.17, 15) is 24.6 Å². The molecule has 0 heterocycles. The minimum Gasteiger partial charge on any atom is -0.465 e. The predicted molar refractivity (Wildman–Crippen MR) is 172 cm³/mol. The first-order valence-electron chi connectivity index (χ1n) is 17.8. The zero-order chi connectivity index (χ0) is 33.5. The van der Waals surface area contributed by atoms with Crippen molar-refractivity contribution < 1.29 is 38.8 Å². The molecule has 45 heavy (non-hydrogen) atoms. The van der Waals surface area contributed by atoms with Crippen LogP contribution >= 0.6 is 0 Å². The Morgan fingerprint density at radius 2 is 1.60 bits per heavy atom. The Balaban J connectivity index is 1.36. The summed E-state index contributed by atoms with van der Waals surface area (Å²) in [6.45, 7) is 18.1. The van der Waals surface area contributed by atoms with Crippen LogP contribution in [-0.4, -0.2) is 58.6 Å². The molecule has 2 N–H and O–H groups in total. The van der Waals surface area contributed by atoms with E-state index >= 15 is 0 Å². The maximum absolute atomic E-state index is 12.8. The first kappa shape index (κ1) is 36.2. The van der Waals surface area contributed by atoms with E-state index < -0.39 is 23.2 Å². The van der Waals surface area contributed by atoms with Crippen LogP contribution in [0.2, 0.25) is 0 Å². The smallest absolute Gasteiger partial charge is 0.311 e. The van der Waals surface area contributed by atoms with Crippen molar-refractivity contribution in [3.05, 3.63) is 0 Å². The fraction of sp³-hybridized carbons (Fsp3) is 0.919. The first-order chi connectivity index (χ1) is 20.8. The minimum absolute atomic E-state index is 0.00214. The second-order valence-corrected chi connectivity index (χ2v) is 17.2. The number of hydrogen-bond donors (Lipinski definition) is 2. The van der Waals surface area contributed by atoms with Gasteiger partial charge in [-0.3, -0.25) is 14.4 Å². The molecule has 0 spiro atoms. The molecule has 258 valence electrons. The topological polar surface area (TPSA) is 119 Å². The molecule has 0 radical (unpaired) electrons. The zero-order valence-electron chi connectivity index (χ0n) is 29.5. The minimum atomic E-state index is -0.565. The van der Waals surface area contributed by atoms with Crippen molar-refractivity contribution >= 4 is 17.9 Å². The number of fused-ring (bicyclic) bond motifs is 5. The molecule has 0 bridgehead atoms. The lowest BCUT2D eigenvalue weighted by Crippen LogP contribution is -2.62. The molecule has 0 aliphatic heterocycles. The second kappa shape index (κ2) is 13.4. The van der Waals surface area contributed by atoms with E-state index in [2.05, 4.69) is 20.8 Å². The summed E-state index contributed by atoms with van der Waals surface area (Å²) in [5, 5.41) is 23.7. The third-order valence-corrected chi connectivity index (χ3v) is 13.0. The number of hydrogen-bond acceptors (Lipinski definition) is 8. The molecule has 0 saturated heterocycles. The van der Waals surface area contributed by atoms with Gasteiger partial charge in [-0.1, -0.05) is 27.7 Å². The molecular formula is C37H62O8. The van der Waals surface area contributed by atoms with Crippen LogP contribution in [-0.2, 0) is 28.6 Å². The highest BCUT2D eigenvalue weighted by Crippen LogP contribution is 2.68. The van der Waals surface area contributed by atoms with Crippen LogP contribution in [0.3, 0.4) is 0 Å². The van der Waals surface area contributed by atoms with Crippen molar-refractivity contribution in [2.45, 2.75) is 157 Å². The largest absolute Gasteiger partial charge is 0.465 e. The normalized spacial score (nSPS) is 38.7. The molecule has 0 amide bonds. The summed E-state index contributed by atoms with van der Waals surface area (Å²) in [7, 11) is 0. The van der Waals surface area contributed by atoms with Gasteiger partial charge in [-0.2, -0.15) is 0 Å². The van der Waals surface area contributed by atoms with Crippen molar-refractivity contribution in [3.63, 3.8) is 0 Å². The molecular weight excluding hydrogens is 572 g/mol. The van der Waals surface area contributed by atoms with Gasteiger partial charge in [-0.15, -0.1) is 0 Å². The highest BCUT2D eigenvalue weighted by molar-refractivity contribution is 5.76. The van der Waals surface area contributed by atoms with Gasteiger partial charge >= 0.3 is 17.9 Å². The van der Waals surface area contributed by atoms with Gasteiger partial charge in [0.25, 0.3) is 0 Å². The van der Waals surface area contributed by atoms with E-state index in [0.717, 1.165) is 44.9 Å². The summed E-state index contributed by atoms with van der Waals surface area (Å²) in [5.74, 6) is 0.522. The molecule has 4 saturated carbocycles. The third-order valence-electron chi connectivity index (χ3n) is 13.0. The molecule has 0 aromatic heterocycles. The number of rotatable bonds is 10. The summed E-state index contributed by atoms with van der Waals surface area (Å²) < 4.78 is 16.6. The Hall–Kier alpha value is -1.67. The van der Waals surface area contributed by atoms with E-state index in [1.54, 1.807) is 0 Å². The SMILES string of the molecule is CCC(C)(C)C(=O)OC1CC[C@@]2(C)C(C1)CC(O)C1C2CC(O)[C@]2(C)C(C(C)CCC(=O)OCCC(=O)OC(C)(C)C)CCC12. The van der Waals surface area contributed by atoms with Gasteiger partial charge in [-0.25, -0.2) is 0 Å². The number of ether oxygens (including phenoxy) is 3. The molecule has 4 aliphatic rings. The molecule has 0 aromatic carbocycles. The van der Waals surface area contributed by atoms with Crippen LogP contribution in [0, 0.1) is 51.8 Å². The molecule has 4 aliphatic carbocycles. The molecule has 8 nitrogen and oxygen atoms in total. The Kier molecular flexibility index (Phi) is 10.8. The Labute approximate surface area is 271 Å². The fourth-order valence-corrected chi connectivity index (χ4v) is 9.94. The summed E-state index contributed by atoms with van der Waals surface area (Å²) in [4.78, 5) is 37.3. The lowest BCUT2D eigenvalue weighted by molar-refractivity contribution is -0.210. The summed E-state index contributed by atoms with van der Waals surface area (Å²) in [5.41, 5.74) is -1.37. The van der Waals surface area contributed by atoms with Gasteiger partial charge < -0.3 is 24.4 Å². The van der Waals surface area contributed by atoms with Crippen LogP contribution in [0.5, 0.6) is 0 Å². The average Bonchev–Trinajstić information content (AvgIpc) is 3.30. The van der Waals surface area contributed by atoms with Gasteiger partial charge in [0, 0.05) is 6.42 Å². The number of aliphatic hydroxyl groups excluding tert-OH is 2. The highest BCUT2D eigenvalue weighted by Gasteiger charge is 2.66. The average molecular weight is 635 g/mol. The molecule has 8 heteroatoms. The second-order valence-electron chi connectivity index (χ2n) is 17.2. The summed E-state index contributed by atoms with van der Waals surface area (Å²) in [6, 6.07) is 0. The first-order valence-corrected chi connectivity index (χ1v) is 17.8. The Bertz CT molecular complexity index is 1080. The highest BCUT2D eigenvalue weighted by atomic mass is 16.6. The van der Waals surface area contributed by atoms with Gasteiger partial charge in [-0.05, 0) is 139 Å². The summed E-state index contributed by atoms with van der Waals surface area (Å²) >= 11 is 0. The van der Waals surface area contributed by atoms with Crippen molar-refractivity contribution in [2.75, 3.05) is 6.61 Å². The van der Waals surface area contributed by atoms with Crippen molar-refractivity contribution in [1.29, 1.82) is 0 Å². The van der Waals surface area contributed by atoms with Gasteiger partial charge in [0.2, 0.25) is 0 Å². The maximum Gasteiger partial charge on any atom is 0.311 e. The number of esters is 3. The standard InChI is InChI=1S/C37H62O8/c1-10-35(6,7)33(42)44-24-15-17-36(8)23(19-24)20-28(38)32-26-13-12-25(37(26,9)29(39)21-27(32)36)22(2)11-14-30(40)43-18-16-31(41)45-34(3,4)5/h22-29,32,38-39H,10-21H2,1-9H3/t22?,23?,24?,25?,26?,27?,28?,29?,32?,36-,37+/m0/s1.